The summed E-state index contributed by atoms with van der Waals surface area (Å²) < 4.78 is 0. The van der Waals surface area contributed by atoms with Crippen LogP contribution in [0.1, 0.15) is 31.7 Å². The van der Waals surface area contributed by atoms with Crippen LogP contribution in [0.4, 0.5) is 0 Å². The second-order valence-corrected chi connectivity index (χ2v) is 5.17. The summed E-state index contributed by atoms with van der Waals surface area (Å²) >= 11 is 0. The van der Waals surface area contributed by atoms with Gasteiger partial charge in [0.15, 0.2) is 0 Å². The van der Waals surface area contributed by atoms with Crippen molar-refractivity contribution in [2.24, 2.45) is 5.41 Å². The Balaban J connectivity index is 1.65. The highest BCUT2D eigenvalue weighted by atomic mass is 14.9. The monoisotopic (exact) mass is 229 g/mol. The fraction of sp³-hybridized carbons (Fsp3) is 0.500. The number of fused-ring (bicyclic) bond motifs is 1. The van der Waals surface area contributed by atoms with Crippen LogP contribution in [0.15, 0.2) is 24.5 Å². The van der Waals surface area contributed by atoms with E-state index in [0.29, 0.717) is 5.41 Å². The third kappa shape index (κ3) is 2.07. The van der Waals surface area contributed by atoms with Crippen LogP contribution in [-0.4, -0.2) is 16.5 Å². The molecule has 3 nitrogen and oxygen atoms in total. The molecule has 0 spiro atoms. The highest BCUT2D eigenvalue weighted by Gasteiger charge is 2.39. The van der Waals surface area contributed by atoms with Gasteiger partial charge in [0, 0.05) is 30.9 Å². The molecule has 17 heavy (non-hydrogen) atoms. The third-order valence-electron chi connectivity index (χ3n) is 4.06. The molecule has 0 bridgehead atoms. The van der Waals surface area contributed by atoms with Crippen molar-refractivity contribution in [1.82, 2.24) is 15.3 Å². The first kappa shape index (κ1) is 10.8. The van der Waals surface area contributed by atoms with Gasteiger partial charge in [-0.1, -0.05) is 6.92 Å². The summed E-state index contributed by atoms with van der Waals surface area (Å²) in [6.07, 6.45) is 7.98. The van der Waals surface area contributed by atoms with Crippen molar-refractivity contribution in [1.29, 1.82) is 0 Å². The first-order valence-electron chi connectivity index (χ1n) is 6.45. The zero-order valence-electron chi connectivity index (χ0n) is 10.3. The number of hydrogen-bond acceptors (Lipinski definition) is 2. The maximum absolute atomic E-state index is 4.30. The number of nitrogens with one attached hydrogen (secondary N) is 2. The van der Waals surface area contributed by atoms with E-state index in [9.17, 15) is 0 Å². The summed E-state index contributed by atoms with van der Waals surface area (Å²) in [5, 5.41) is 4.82. The lowest BCUT2D eigenvalue weighted by Gasteiger charge is -2.12. The minimum atomic E-state index is 0.615. The second-order valence-electron chi connectivity index (χ2n) is 5.17. The molecule has 0 radical (unpaired) electrons. The van der Waals surface area contributed by atoms with Crippen molar-refractivity contribution in [3.63, 3.8) is 0 Å². The van der Waals surface area contributed by atoms with E-state index in [-0.39, 0.29) is 0 Å². The number of hydrogen-bond donors (Lipinski definition) is 2. The molecule has 2 N–H and O–H groups in total. The van der Waals surface area contributed by atoms with Crippen LogP contribution < -0.4 is 5.32 Å². The van der Waals surface area contributed by atoms with Gasteiger partial charge in [0.2, 0.25) is 0 Å². The SMILES string of the molecule is CCC1(CNCc2c[nH]c3ncccc23)CC1. The topological polar surface area (TPSA) is 40.7 Å². The van der Waals surface area contributed by atoms with Crippen molar-refractivity contribution < 1.29 is 0 Å². The molecule has 1 saturated carbocycles. The molecule has 0 saturated heterocycles. The fourth-order valence-corrected chi connectivity index (χ4v) is 2.45. The van der Waals surface area contributed by atoms with Crippen molar-refractivity contribution >= 4 is 11.0 Å². The average Bonchev–Trinajstić information content (AvgIpc) is 3.04. The van der Waals surface area contributed by atoms with Crippen LogP contribution in [0, 0.1) is 5.41 Å². The summed E-state index contributed by atoms with van der Waals surface area (Å²) in [4.78, 5) is 7.52. The van der Waals surface area contributed by atoms with E-state index in [0.717, 1.165) is 18.7 Å². The zero-order chi connectivity index (χ0) is 11.7. The van der Waals surface area contributed by atoms with Crippen LogP contribution in [0.25, 0.3) is 11.0 Å². The third-order valence-corrected chi connectivity index (χ3v) is 4.06. The molecule has 2 aromatic heterocycles. The van der Waals surface area contributed by atoms with Gasteiger partial charge >= 0.3 is 0 Å². The summed E-state index contributed by atoms with van der Waals surface area (Å²) in [7, 11) is 0. The number of H-pyrrole nitrogens is 1. The minimum Gasteiger partial charge on any atom is -0.346 e. The van der Waals surface area contributed by atoms with E-state index in [1.807, 2.05) is 12.3 Å². The minimum absolute atomic E-state index is 0.615. The Bertz CT molecular complexity index is 511. The molecule has 0 aliphatic heterocycles. The van der Waals surface area contributed by atoms with Gasteiger partial charge in [0.1, 0.15) is 5.65 Å². The Labute approximate surface area is 102 Å². The van der Waals surface area contributed by atoms with Gasteiger partial charge in [-0.3, -0.25) is 0 Å². The van der Waals surface area contributed by atoms with Crippen LogP contribution >= 0.6 is 0 Å². The number of nitrogens with zero attached hydrogens (tertiary/aromatic N) is 1. The zero-order valence-corrected chi connectivity index (χ0v) is 10.3. The predicted octanol–water partition coefficient (Wildman–Crippen LogP) is 2.84. The number of aromatic amines is 1. The van der Waals surface area contributed by atoms with Gasteiger partial charge in [0.25, 0.3) is 0 Å². The predicted molar refractivity (Wildman–Crippen MR) is 69.8 cm³/mol. The van der Waals surface area contributed by atoms with Gasteiger partial charge in [-0.2, -0.15) is 0 Å². The molecule has 3 rings (SSSR count). The standard InChI is InChI=1S/C14H19N3/c1-2-14(5-6-14)10-15-8-11-9-17-13-12(11)4-3-7-16-13/h3-4,7,9,15H,2,5-6,8,10H2,1H3,(H,16,17). The van der Waals surface area contributed by atoms with Crippen LogP contribution in [0.5, 0.6) is 0 Å². The summed E-state index contributed by atoms with van der Waals surface area (Å²) in [6.45, 7) is 4.38. The van der Waals surface area contributed by atoms with E-state index < -0.39 is 0 Å². The smallest absolute Gasteiger partial charge is 0.137 e. The Morgan fingerprint density at radius 3 is 3.12 bits per heavy atom. The molecular formula is C14H19N3. The maximum Gasteiger partial charge on any atom is 0.137 e. The Morgan fingerprint density at radius 2 is 2.35 bits per heavy atom. The normalized spacial score (nSPS) is 17.5. The largest absolute Gasteiger partial charge is 0.346 e. The first-order chi connectivity index (χ1) is 8.33. The molecule has 90 valence electrons. The number of aromatic nitrogens is 2. The molecular weight excluding hydrogens is 210 g/mol. The van der Waals surface area contributed by atoms with Gasteiger partial charge < -0.3 is 10.3 Å². The fourth-order valence-electron chi connectivity index (χ4n) is 2.45. The Morgan fingerprint density at radius 1 is 1.47 bits per heavy atom. The van der Waals surface area contributed by atoms with Gasteiger partial charge in [-0.15, -0.1) is 0 Å². The van der Waals surface area contributed by atoms with Crippen LogP contribution in [0.3, 0.4) is 0 Å². The van der Waals surface area contributed by atoms with Crippen molar-refractivity contribution in [2.45, 2.75) is 32.7 Å². The lowest BCUT2D eigenvalue weighted by molar-refractivity contribution is 0.444. The van der Waals surface area contributed by atoms with Crippen LogP contribution in [0.2, 0.25) is 0 Å². The molecule has 1 fully saturated rings. The van der Waals surface area contributed by atoms with E-state index in [1.54, 1.807) is 0 Å². The molecule has 0 unspecified atom stereocenters. The molecule has 2 heterocycles. The molecule has 0 aromatic carbocycles. The first-order valence-corrected chi connectivity index (χ1v) is 6.45. The number of pyridine rings is 1. The number of rotatable bonds is 5. The lowest BCUT2D eigenvalue weighted by atomic mass is 10.0. The van der Waals surface area contributed by atoms with Gasteiger partial charge in [-0.05, 0) is 42.4 Å². The van der Waals surface area contributed by atoms with Crippen molar-refractivity contribution in [3.05, 3.63) is 30.1 Å². The highest BCUT2D eigenvalue weighted by Crippen LogP contribution is 2.47. The van der Waals surface area contributed by atoms with Gasteiger partial charge in [-0.25, -0.2) is 4.98 Å². The molecule has 0 atom stereocenters. The van der Waals surface area contributed by atoms with Crippen molar-refractivity contribution in [2.75, 3.05) is 6.54 Å². The molecule has 1 aliphatic carbocycles. The van der Waals surface area contributed by atoms with E-state index in [1.165, 1.54) is 30.2 Å². The second kappa shape index (κ2) is 4.15. The van der Waals surface area contributed by atoms with Crippen molar-refractivity contribution in [3.8, 4) is 0 Å². The Kier molecular flexibility index (Phi) is 2.63. The van der Waals surface area contributed by atoms with Gasteiger partial charge in [0.05, 0.1) is 0 Å². The Hall–Kier alpha value is -1.35. The average molecular weight is 229 g/mol. The summed E-state index contributed by atoms with van der Waals surface area (Å²) in [5.74, 6) is 0. The van der Waals surface area contributed by atoms with E-state index in [4.69, 9.17) is 0 Å². The molecule has 2 aromatic rings. The summed E-state index contributed by atoms with van der Waals surface area (Å²) in [5.41, 5.74) is 2.92. The van der Waals surface area contributed by atoms with E-state index in [2.05, 4.69) is 34.5 Å². The maximum atomic E-state index is 4.30. The molecule has 1 aliphatic rings. The lowest BCUT2D eigenvalue weighted by Crippen LogP contribution is -2.22. The quantitative estimate of drug-likeness (QED) is 0.827. The molecule has 0 amide bonds. The van der Waals surface area contributed by atoms with Crippen LogP contribution in [-0.2, 0) is 6.54 Å². The summed E-state index contributed by atoms with van der Waals surface area (Å²) in [6, 6.07) is 4.12. The van der Waals surface area contributed by atoms with E-state index >= 15 is 0 Å². The highest BCUT2D eigenvalue weighted by molar-refractivity contribution is 5.79. The molecule has 3 heteroatoms.